The molecule has 2 aromatic heterocycles. The average Bonchev–Trinajstić information content (AvgIpc) is 2.94. The summed E-state index contributed by atoms with van der Waals surface area (Å²) in [6.07, 6.45) is 0. The third-order valence-corrected chi connectivity index (χ3v) is 3.51. The van der Waals surface area contributed by atoms with Crippen molar-refractivity contribution >= 4 is 21.9 Å². The van der Waals surface area contributed by atoms with Crippen molar-refractivity contribution in [2.75, 3.05) is 0 Å². The lowest BCUT2D eigenvalue weighted by Crippen LogP contribution is -1.96. The largest absolute Gasteiger partial charge is 0.486 e. The molecule has 0 saturated carbocycles. The van der Waals surface area contributed by atoms with Crippen LogP contribution in [0.3, 0.4) is 0 Å². The molecular formula is C18H11FO4. The van der Waals surface area contributed by atoms with Crippen LogP contribution in [0.2, 0.25) is 0 Å². The van der Waals surface area contributed by atoms with Crippen LogP contribution in [-0.2, 0) is 6.61 Å². The van der Waals surface area contributed by atoms with Crippen LogP contribution in [0.4, 0.5) is 4.39 Å². The maximum absolute atomic E-state index is 13.2. The van der Waals surface area contributed by atoms with Gasteiger partial charge in [-0.1, -0.05) is 0 Å². The standard InChI is InChI=1S/C18H11FO4/c19-13-3-5-16-12(7-13)8-15(22-16)10-21-14-4-1-11-2-6-18(20)23-17(11)9-14/h1-9H,10H2. The van der Waals surface area contributed by atoms with Crippen molar-refractivity contribution in [2.45, 2.75) is 6.61 Å². The van der Waals surface area contributed by atoms with Gasteiger partial charge in [-0.25, -0.2) is 9.18 Å². The molecule has 0 bridgehead atoms. The molecule has 2 aromatic carbocycles. The van der Waals surface area contributed by atoms with Crippen LogP contribution in [0.5, 0.6) is 5.75 Å². The Morgan fingerprint density at radius 2 is 1.74 bits per heavy atom. The lowest BCUT2D eigenvalue weighted by atomic mass is 10.2. The van der Waals surface area contributed by atoms with E-state index < -0.39 is 5.63 Å². The van der Waals surface area contributed by atoms with Gasteiger partial charge in [0.2, 0.25) is 0 Å². The van der Waals surface area contributed by atoms with Gasteiger partial charge in [-0.15, -0.1) is 0 Å². The number of hydrogen-bond donors (Lipinski definition) is 0. The highest BCUT2D eigenvalue weighted by atomic mass is 19.1. The molecule has 0 aliphatic rings. The SMILES string of the molecule is O=c1ccc2ccc(OCc3cc4cc(F)ccc4o3)cc2o1. The monoisotopic (exact) mass is 310 g/mol. The molecule has 0 radical (unpaired) electrons. The highest BCUT2D eigenvalue weighted by Crippen LogP contribution is 2.23. The van der Waals surface area contributed by atoms with Crippen LogP contribution >= 0.6 is 0 Å². The van der Waals surface area contributed by atoms with Crippen LogP contribution in [0.15, 0.2) is 68.2 Å². The molecule has 0 spiro atoms. The fourth-order valence-electron chi connectivity index (χ4n) is 2.43. The molecule has 4 rings (SSSR count). The summed E-state index contributed by atoms with van der Waals surface area (Å²) < 4.78 is 29.5. The van der Waals surface area contributed by atoms with Gasteiger partial charge in [0, 0.05) is 22.9 Å². The summed E-state index contributed by atoms with van der Waals surface area (Å²) in [6, 6.07) is 14.4. The topological polar surface area (TPSA) is 52.6 Å². The molecule has 2 heterocycles. The second-order valence-electron chi connectivity index (χ2n) is 5.14. The molecule has 5 heteroatoms. The van der Waals surface area contributed by atoms with E-state index in [0.717, 1.165) is 5.39 Å². The second kappa shape index (κ2) is 5.28. The molecular weight excluding hydrogens is 299 g/mol. The van der Waals surface area contributed by atoms with E-state index in [1.807, 2.05) is 6.07 Å². The van der Waals surface area contributed by atoms with Crippen molar-refractivity contribution in [3.63, 3.8) is 0 Å². The Kier molecular flexibility index (Phi) is 3.12. The van der Waals surface area contributed by atoms with E-state index in [2.05, 4.69) is 0 Å². The van der Waals surface area contributed by atoms with Crippen LogP contribution in [0, 0.1) is 5.82 Å². The summed E-state index contributed by atoms with van der Waals surface area (Å²) in [7, 11) is 0. The number of furan rings is 1. The van der Waals surface area contributed by atoms with Crippen molar-refractivity contribution in [3.05, 3.63) is 76.6 Å². The first-order chi connectivity index (χ1) is 11.2. The van der Waals surface area contributed by atoms with Crippen LogP contribution in [0.1, 0.15) is 5.76 Å². The van der Waals surface area contributed by atoms with E-state index in [0.29, 0.717) is 28.1 Å². The maximum atomic E-state index is 13.2. The molecule has 0 fully saturated rings. The Morgan fingerprint density at radius 3 is 2.65 bits per heavy atom. The summed E-state index contributed by atoms with van der Waals surface area (Å²) in [5.41, 5.74) is 0.658. The first-order valence-electron chi connectivity index (χ1n) is 7.02. The van der Waals surface area contributed by atoms with Gasteiger partial charge in [0.1, 0.15) is 35.1 Å². The molecule has 0 N–H and O–H groups in total. The third-order valence-electron chi connectivity index (χ3n) is 3.51. The highest BCUT2D eigenvalue weighted by Gasteiger charge is 2.06. The smallest absolute Gasteiger partial charge is 0.336 e. The number of ether oxygens (including phenoxy) is 1. The van der Waals surface area contributed by atoms with Gasteiger partial charge in [-0.3, -0.25) is 0 Å². The number of halogens is 1. The summed E-state index contributed by atoms with van der Waals surface area (Å²) in [5.74, 6) is 0.828. The van der Waals surface area contributed by atoms with Gasteiger partial charge in [0.25, 0.3) is 0 Å². The first-order valence-corrected chi connectivity index (χ1v) is 7.02. The van der Waals surface area contributed by atoms with Crippen molar-refractivity contribution in [1.82, 2.24) is 0 Å². The minimum atomic E-state index is -0.408. The van der Waals surface area contributed by atoms with E-state index in [-0.39, 0.29) is 12.4 Å². The molecule has 114 valence electrons. The van der Waals surface area contributed by atoms with Crippen LogP contribution < -0.4 is 10.4 Å². The molecule has 0 atom stereocenters. The minimum absolute atomic E-state index is 0.193. The number of hydrogen-bond acceptors (Lipinski definition) is 4. The predicted molar refractivity (Wildman–Crippen MR) is 83.0 cm³/mol. The summed E-state index contributed by atoms with van der Waals surface area (Å²) in [5, 5.41) is 1.50. The van der Waals surface area contributed by atoms with Crippen LogP contribution in [-0.4, -0.2) is 0 Å². The fraction of sp³-hybridized carbons (Fsp3) is 0.0556. The molecule has 0 amide bonds. The van der Waals surface area contributed by atoms with E-state index in [1.54, 1.807) is 30.3 Å². The number of rotatable bonds is 3. The normalized spacial score (nSPS) is 11.2. The minimum Gasteiger partial charge on any atom is -0.486 e. The van der Waals surface area contributed by atoms with Gasteiger partial charge in [-0.2, -0.15) is 0 Å². The van der Waals surface area contributed by atoms with E-state index in [9.17, 15) is 9.18 Å². The first kappa shape index (κ1) is 13.6. The lowest BCUT2D eigenvalue weighted by molar-refractivity contribution is 0.274. The third kappa shape index (κ3) is 2.68. The molecule has 4 aromatic rings. The zero-order valence-corrected chi connectivity index (χ0v) is 11.9. The zero-order chi connectivity index (χ0) is 15.8. The summed E-state index contributed by atoms with van der Waals surface area (Å²) >= 11 is 0. The van der Waals surface area contributed by atoms with Crippen molar-refractivity contribution in [1.29, 1.82) is 0 Å². The number of benzene rings is 2. The van der Waals surface area contributed by atoms with Crippen LogP contribution in [0.25, 0.3) is 21.9 Å². The second-order valence-corrected chi connectivity index (χ2v) is 5.14. The Hall–Kier alpha value is -3.08. The molecule has 4 nitrogen and oxygen atoms in total. The summed E-state index contributed by atoms with van der Waals surface area (Å²) in [6.45, 7) is 0.193. The van der Waals surface area contributed by atoms with E-state index in [4.69, 9.17) is 13.6 Å². The molecule has 0 aliphatic heterocycles. The van der Waals surface area contributed by atoms with Gasteiger partial charge < -0.3 is 13.6 Å². The quantitative estimate of drug-likeness (QED) is 0.531. The molecule has 0 saturated heterocycles. The average molecular weight is 310 g/mol. The maximum Gasteiger partial charge on any atom is 0.336 e. The molecule has 0 unspecified atom stereocenters. The Bertz CT molecular complexity index is 1060. The van der Waals surface area contributed by atoms with Gasteiger partial charge in [0.15, 0.2) is 0 Å². The lowest BCUT2D eigenvalue weighted by Gasteiger charge is -2.04. The Balaban J connectivity index is 1.58. The zero-order valence-electron chi connectivity index (χ0n) is 11.9. The van der Waals surface area contributed by atoms with Gasteiger partial charge >= 0.3 is 5.63 Å². The van der Waals surface area contributed by atoms with Crippen molar-refractivity contribution in [3.8, 4) is 5.75 Å². The predicted octanol–water partition coefficient (Wildman–Crippen LogP) is 4.26. The van der Waals surface area contributed by atoms with E-state index in [1.165, 1.54) is 18.2 Å². The van der Waals surface area contributed by atoms with Crippen molar-refractivity contribution in [2.24, 2.45) is 0 Å². The van der Waals surface area contributed by atoms with Gasteiger partial charge in [-0.05, 0) is 42.5 Å². The summed E-state index contributed by atoms with van der Waals surface area (Å²) in [4.78, 5) is 11.2. The molecule has 0 aliphatic carbocycles. The fourth-order valence-corrected chi connectivity index (χ4v) is 2.43. The van der Waals surface area contributed by atoms with Gasteiger partial charge in [0.05, 0.1) is 0 Å². The molecule has 23 heavy (non-hydrogen) atoms. The number of fused-ring (bicyclic) bond motifs is 2. The Morgan fingerprint density at radius 1 is 0.870 bits per heavy atom. The van der Waals surface area contributed by atoms with Crippen molar-refractivity contribution < 1.29 is 18.0 Å². The van der Waals surface area contributed by atoms with E-state index >= 15 is 0 Å². The highest BCUT2D eigenvalue weighted by molar-refractivity contribution is 5.78. The Labute approximate surface area is 129 Å².